The minimum absolute atomic E-state index is 0. The Balaban J connectivity index is 0.00000417. The number of aromatic nitrogens is 4. The van der Waals surface area contributed by atoms with Gasteiger partial charge in [-0.1, -0.05) is 115 Å². The van der Waals surface area contributed by atoms with Crippen LogP contribution in [0.1, 0.15) is 89.3 Å². The van der Waals surface area contributed by atoms with Crippen molar-refractivity contribution in [1.82, 2.24) is 19.9 Å². The van der Waals surface area contributed by atoms with E-state index in [9.17, 15) is 0 Å². The molecule has 8 bridgehead atoms. The first kappa shape index (κ1) is 33.8. The van der Waals surface area contributed by atoms with Gasteiger partial charge in [-0.3, -0.25) is 4.98 Å². The summed E-state index contributed by atoms with van der Waals surface area (Å²) < 4.78 is 0. The Kier molecular flexibility index (Phi) is 9.52. The quantitative estimate of drug-likeness (QED) is 0.141. The van der Waals surface area contributed by atoms with Crippen LogP contribution in [0.5, 0.6) is 0 Å². The minimum Gasteiger partial charge on any atom is -0.657 e. The van der Waals surface area contributed by atoms with E-state index in [2.05, 4.69) is 147 Å². The van der Waals surface area contributed by atoms with Crippen LogP contribution in [0.2, 0.25) is 16.6 Å². The van der Waals surface area contributed by atoms with Crippen molar-refractivity contribution in [3.8, 4) is 22.6 Å². The Morgan fingerprint density at radius 1 is 0.739 bits per heavy atom. The maximum atomic E-state index is 5.28. The van der Waals surface area contributed by atoms with Gasteiger partial charge in [0.2, 0.25) is 0 Å². The zero-order chi connectivity index (χ0) is 32.1. The van der Waals surface area contributed by atoms with E-state index in [1.54, 1.807) is 0 Å². The molecule has 0 saturated carbocycles. The van der Waals surface area contributed by atoms with Crippen LogP contribution in [0.15, 0.2) is 60.7 Å². The van der Waals surface area contributed by atoms with Crippen molar-refractivity contribution in [1.29, 1.82) is 0 Å². The zero-order valence-corrected chi connectivity index (χ0v) is 32.8. The molecule has 2 aliphatic rings. The molecule has 3 aromatic heterocycles. The molecule has 0 unspecified atom stereocenters. The monoisotopic (exact) mass is 672 g/mol. The third-order valence-corrected chi connectivity index (χ3v) is 16.0. The van der Waals surface area contributed by atoms with Crippen LogP contribution in [0, 0.1) is 18.4 Å². The Morgan fingerprint density at radius 2 is 1.39 bits per heavy atom. The first-order valence-electron chi connectivity index (χ1n) is 16.3. The van der Waals surface area contributed by atoms with E-state index in [0.717, 1.165) is 68.0 Å². The van der Waals surface area contributed by atoms with Gasteiger partial charge >= 0.3 is 19.5 Å². The average Bonchev–Trinajstić information content (AvgIpc) is 3.74. The molecule has 46 heavy (non-hydrogen) atoms. The molecule has 2 aliphatic heterocycles. The molecule has 4 nitrogen and oxygen atoms in total. The van der Waals surface area contributed by atoms with E-state index in [0.29, 0.717) is 16.6 Å². The summed E-state index contributed by atoms with van der Waals surface area (Å²) in [4.78, 5) is 20.4. The minimum atomic E-state index is -1.96. The molecule has 0 spiro atoms. The molecule has 0 N–H and O–H groups in total. The Morgan fingerprint density at radius 3 is 2.04 bits per heavy atom. The summed E-state index contributed by atoms with van der Waals surface area (Å²) in [6.07, 6.45) is 5.00. The van der Waals surface area contributed by atoms with Crippen molar-refractivity contribution >= 4 is 42.3 Å². The number of rotatable bonds is 4. The van der Waals surface area contributed by atoms with Crippen molar-refractivity contribution in [2.75, 3.05) is 0 Å². The molecular weight excluding hydrogens is 630 g/mol. The number of benzene rings is 1. The number of aryl methyl sites for hydroxylation is 1. The molecule has 0 amide bonds. The fourth-order valence-electron chi connectivity index (χ4n) is 7.33. The molecule has 0 atom stereocenters. The topological polar surface area (TPSA) is 54.0 Å². The summed E-state index contributed by atoms with van der Waals surface area (Å²) in [7, 11) is -1.96. The van der Waals surface area contributed by atoms with E-state index in [1.165, 1.54) is 5.56 Å². The van der Waals surface area contributed by atoms with E-state index in [-0.39, 0.29) is 24.9 Å². The first-order chi connectivity index (χ1) is 21.4. The van der Waals surface area contributed by atoms with Gasteiger partial charge in [0.15, 0.2) is 0 Å². The summed E-state index contributed by atoms with van der Waals surface area (Å²) in [5.41, 5.74) is 17.2. The average molecular weight is 674 g/mol. The fraction of sp³-hybridized carbons (Fsp3) is 0.350. The van der Waals surface area contributed by atoms with Crippen LogP contribution in [-0.4, -0.2) is 18.0 Å². The number of hydrogen-bond donors (Lipinski definition) is 0. The predicted octanol–water partition coefficient (Wildman–Crippen LogP) is 9.81. The van der Waals surface area contributed by atoms with Gasteiger partial charge in [-0.25, -0.2) is 4.98 Å². The second kappa shape index (κ2) is 12.9. The van der Waals surface area contributed by atoms with Crippen LogP contribution in [0.25, 0.3) is 45.3 Å². The molecule has 230 valence electrons. The Bertz CT molecular complexity index is 1990. The van der Waals surface area contributed by atoms with Crippen molar-refractivity contribution in [2.24, 2.45) is 0 Å². The zero-order valence-electron chi connectivity index (χ0n) is 28.9. The van der Waals surface area contributed by atoms with E-state index >= 15 is 0 Å². The van der Waals surface area contributed by atoms with Gasteiger partial charge in [-0.05, 0) is 59.0 Å². The van der Waals surface area contributed by atoms with Gasteiger partial charge in [0, 0.05) is 28.8 Å². The van der Waals surface area contributed by atoms with Gasteiger partial charge in [-0.15, -0.1) is 27.6 Å². The Labute approximate surface area is 288 Å². The smallest absolute Gasteiger partial charge is 0.657 e. The standard InChI is InChI=1S/C40H44N4Si.Zn/c1-25(2)45(26(3)4,27(5)6)19-18-30-20-37-39(29-12-10-28(7)11-13-29)35-17-16-31(42-35)21-34-24-40(8,9)38(43-34)23-33-15-14-32(41-33)22-36(30)44-37;/h10-17,20-23,25-27H,24H2,1-9H3;/q-2;+2. The normalized spacial score (nSPS) is 14.0. The third-order valence-electron chi connectivity index (χ3n) is 9.74. The molecular formula is C40H44N4SiZn. The van der Waals surface area contributed by atoms with E-state index in [1.807, 2.05) is 0 Å². The van der Waals surface area contributed by atoms with Gasteiger partial charge < -0.3 is 9.97 Å². The Hall–Kier alpha value is -3.52. The molecule has 5 heterocycles. The number of hydrogen-bond acceptors (Lipinski definition) is 2. The van der Waals surface area contributed by atoms with Crippen LogP contribution < -0.4 is 9.97 Å². The van der Waals surface area contributed by atoms with Crippen LogP contribution in [-0.2, 0) is 31.3 Å². The second-order valence-electron chi connectivity index (χ2n) is 14.4. The number of nitrogens with zero attached hydrogens (tertiary/aromatic N) is 4. The first-order valence-corrected chi connectivity index (χ1v) is 18.5. The third kappa shape index (κ3) is 6.38. The van der Waals surface area contributed by atoms with Gasteiger partial charge in [0.1, 0.15) is 8.07 Å². The molecule has 0 aliphatic carbocycles. The van der Waals surface area contributed by atoms with Crippen molar-refractivity contribution in [3.63, 3.8) is 0 Å². The molecule has 0 radical (unpaired) electrons. The van der Waals surface area contributed by atoms with Gasteiger partial charge in [-0.2, -0.15) is 0 Å². The molecule has 6 heteroatoms. The molecule has 0 fully saturated rings. The predicted molar refractivity (Wildman–Crippen MR) is 193 cm³/mol. The van der Waals surface area contributed by atoms with Crippen molar-refractivity contribution in [2.45, 2.75) is 90.8 Å². The van der Waals surface area contributed by atoms with Crippen molar-refractivity contribution in [3.05, 3.63) is 94.6 Å². The summed E-state index contributed by atoms with van der Waals surface area (Å²) in [6, 6.07) is 21.4. The van der Waals surface area contributed by atoms with E-state index in [4.69, 9.17) is 19.9 Å². The van der Waals surface area contributed by atoms with Gasteiger partial charge in [0.05, 0.1) is 11.4 Å². The van der Waals surface area contributed by atoms with E-state index < -0.39 is 8.07 Å². The summed E-state index contributed by atoms with van der Waals surface area (Å²) in [5, 5.41) is 0. The maximum absolute atomic E-state index is 5.28. The molecule has 1 aromatic carbocycles. The number of fused-ring (bicyclic) bond motifs is 8. The van der Waals surface area contributed by atoms with Crippen LogP contribution >= 0.6 is 0 Å². The largest absolute Gasteiger partial charge is 2.00 e. The van der Waals surface area contributed by atoms with Gasteiger partial charge in [0.25, 0.3) is 0 Å². The summed E-state index contributed by atoms with van der Waals surface area (Å²) in [6.45, 7) is 20.8. The van der Waals surface area contributed by atoms with Crippen LogP contribution in [0.3, 0.4) is 0 Å². The molecule has 0 saturated heterocycles. The summed E-state index contributed by atoms with van der Waals surface area (Å²) >= 11 is 0. The second-order valence-corrected chi connectivity index (χ2v) is 19.9. The SMILES string of the molecule is Cc1ccc(-c2c3ccc(cc4nc(cc5nc(cc6[n-]c2cc6C#C[Si](C(C)C)(C(C)C)C(C)C)C=C5)C(C)(C)C4)[n-]3)cc1.[Zn+2]. The van der Waals surface area contributed by atoms with Crippen LogP contribution in [0.4, 0.5) is 0 Å². The fourth-order valence-corrected chi connectivity index (χ4v) is 12.5. The van der Waals surface area contributed by atoms with Crippen molar-refractivity contribution < 1.29 is 19.5 Å². The molecule has 6 rings (SSSR count). The molecule has 4 aromatic rings. The maximum Gasteiger partial charge on any atom is 2.00 e. The summed E-state index contributed by atoms with van der Waals surface area (Å²) in [5.74, 6) is 3.72.